The average Bonchev–Trinajstić information content (AvgIpc) is 2.35. The molecule has 0 bridgehead atoms. The SMILES string of the molecule is CCC(N[C@H](C)c1ccccc1)C(=O)OC. The standard InChI is InChI=1S/C13H19NO2/c1-4-12(13(15)16-3)14-10(2)11-8-6-5-7-9-11/h5-10,12,14H,4H2,1-3H3/t10-,12?/m1/s1. The molecule has 88 valence electrons. The van der Waals surface area contributed by atoms with Crippen LogP contribution in [0.25, 0.3) is 0 Å². The van der Waals surface area contributed by atoms with Gasteiger partial charge in [0, 0.05) is 6.04 Å². The summed E-state index contributed by atoms with van der Waals surface area (Å²) in [5.74, 6) is -0.203. The topological polar surface area (TPSA) is 38.3 Å². The summed E-state index contributed by atoms with van der Waals surface area (Å²) in [6, 6.07) is 9.96. The molecule has 0 aliphatic carbocycles. The van der Waals surface area contributed by atoms with Gasteiger partial charge in [0.1, 0.15) is 6.04 Å². The van der Waals surface area contributed by atoms with Crippen LogP contribution in [0.2, 0.25) is 0 Å². The first-order valence-corrected chi connectivity index (χ1v) is 5.57. The molecule has 0 aliphatic heterocycles. The minimum atomic E-state index is -0.236. The van der Waals surface area contributed by atoms with Crippen molar-refractivity contribution in [2.45, 2.75) is 32.4 Å². The molecule has 1 unspecified atom stereocenters. The van der Waals surface area contributed by atoms with E-state index >= 15 is 0 Å². The Morgan fingerprint density at radius 3 is 2.50 bits per heavy atom. The predicted molar refractivity (Wildman–Crippen MR) is 64.1 cm³/mol. The van der Waals surface area contributed by atoms with Gasteiger partial charge in [-0.2, -0.15) is 0 Å². The zero-order chi connectivity index (χ0) is 12.0. The molecule has 1 aromatic rings. The highest BCUT2D eigenvalue weighted by Crippen LogP contribution is 2.13. The van der Waals surface area contributed by atoms with Gasteiger partial charge in [-0.25, -0.2) is 0 Å². The van der Waals surface area contributed by atoms with Crippen LogP contribution in [0, 0.1) is 0 Å². The normalized spacial score (nSPS) is 14.2. The van der Waals surface area contributed by atoms with Crippen molar-refractivity contribution in [3.63, 3.8) is 0 Å². The molecule has 0 saturated carbocycles. The van der Waals surface area contributed by atoms with E-state index in [9.17, 15) is 4.79 Å². The lowest BCUT2D eigenvalue weighted by Gasteiger charge is -2.20. The van der Waals surface area contributed by atoms with E-state index in [1.807, 2.05) is 44.2 Å². The van der Waals surface area contributed by atoms with Gasteiger partial charge >= 0.3 is 5.97 Å². The molecule has 0 spiro atoms. The summed E-state index contributed by atoms with van der Waals surface area (Å²) in [6.45, 7) is 4.01. The maximum Gasteiger partial charge on any atom is 0.322 e. The lowest BCUT2D eigenvalue weighted by Crippen LogP contribution is -2.38. The predicted octanol–water partition coefficient (Wildman–Crippen LogP) is 2.29. The molecule has 0 fully saturated rings. The van der Waals surface area contributed by atoms with Gasteiger partial charge in [0.25, 0.3) is 0 Å². The number of carbonyl (C=O) groups excluding carboxylic acids is 1. The first-order chi connectivity index (χ1) is 7.69. The van der Waals surface area contributed by atoms with E-state index in [1.54, 1.807) is 0 Å². The molecule has 1 N–H and O–H groups in total. The first kappa shape index (κ1) is 12.7. The number of hydrogen-bond acceptors (Lipinski definition) is 3. The number of methoxy groups -OCH3 is 1. The van der Waals surface area contributed by atoms with Crippen molar-refractivity contribution in [1.82, 2.24) is 5.32 Å². The fraction of sp³-hybridized carbons (Fsp3) is 0.462. The molecule has 2 atom stereocenters. The van der Waals surface area contributed by atoms with Gasteiger partial charge in [0.05, 0.1) is 7.11 Å². The van der Waals surface area contributed by atoms with Crippen molar-refractivity contribution in [1.29, 1.82) is 0 Å². The van der Waals surface area contributed by atoms with Crippen LogP contribution < -0.4 is 5.32 Å². The Hall–Kier alpha value is -1.35. The van der Waals surface area contributed by atoms with Crippen molar-refractivity contribution >= 4 is 5.97 Å². The molecule has 0 saturated heterocycles. The Kier molecular flexibility index (Phi) is 4.99. The van der Waals surface area contributed by atoms with Gasteiger partial charge in [0.15, 0.2) is 0 Å². The average molecular weight is 221 g/mol. The van der Waals surface area contributed by atoms with E-state index in [2.05, 4.69) is 5.32 Å². The van der Waals surface area contributed by atoms with E-state index in [-0.39, 0.29) is 18.1 Å². The largest absolute Gasteiger partial charge is 0.468 e. The second kappa shape index (κ2) is 6.28. The first-order valence-electron chi connectivity index (χ1n) is 5.57. The quantitative estimate of drug-likeness (QED) is 0.775. The molecule has 0 aliphatic rings. The van der Waals surface area contributed by atoms with E-state index in [1.165, 1.54) is 12.7 Å². The lowest BCUT2D eigenvalue weighted by molar-refractivity contribution is -0.143. The highest BCUT2D eigenvalue weighted by Gasteiger charge is 2.19. The Balaban J connectivity index is 2.62. The Bertz CT molecular complexity index is 324. The van der Waals surface area contributed by atoms with Gasteiger partial charge in [-0.15, -0.1) is 0 Å². The number of nitrogens with one attached hydrogen (secondary N) is 1. The van der Waals surface area contributed by atoms with Crippen LogP contribution in [0.3, 0.4) is 0 Å². The van der Waals surface area contributed by atoms with Gasteiger partial charge < -0.3 is 4.74 Å². The summed E-state index contributed by atoms with van der Waals surface area (Å²) in [4.78, 5) is 11.4. The molecule has 16 heavy (non-hydrogen) atoms. The van der Waals surface area contributed by atoms with Crippen molar-refractivity contribution in [3.8, 4) is 0 Å². The minimum absolute atomic E-state index is 0.144. The zero-order valence-electron chi connectivity index (χ0n) is 10.1. The smallest absolute Gasteiger partial charge is 0.322 e. The van der Waals surface area contributed by atoms with Gasteiger partial charge in [-0.05, 0) is 18.9 Å². The summed E-state index contributed by atoms with van der Waals surface area (Å²) in [7, 11) is 1.42. The molecule has 3 heteroatoms. The summed E-state index contributed by atoms with van der Waals surface area (Å²) in [5.41, 5.74) is 1.17. The Morgan fingerprint density at radius 2 is 2.00 bits per heavy atom. The number of hydrogen-bond donors (Lipinski definition) is 1. The molecule has 3 nitrogen and oxygen atoms in total. The van der Waals surface area contributed by atoms with Gasteiger partial charge in [-0.1, -0.05) is 37.3 Å². The van der Waals surface area contributed by atoms with Crippen LogP contribution in [0.15, 0.2) is 30.3 Å². The van der Waals surface area contributed by atoms with E-state index in [0.717, 1.165) is 6.42 Å². The monoisotopic (exact) mass is 221 g/mol. The fourth-order valence-electron chi connectivity index (χ4n) is 1.63. The third kappa shape index (κ3) is 3.35. The number of ether oxygens (including phenoxy) is 1. The highest BCUT2D eigenvalue weighted by atomic mass is 16.5. The maximum atomic E-state index is 11.4. The number of carbonyl (C=O) groups is 1. The number of rotatable bonds is 5. The van der Waals surface area contributed by atoms with Crippen LogP contribution in [-0.4, -0.2) is 19.1 Å². The number of benzene rings is 1. The minimum Gasteiger partial charge on any atom is -0.468 e. The van der Waals surface area contributed by atoms with Crippen LogP contribution in [0.4, 0.5) is 0 Å². The van der Waals surface area contributed by atoms with Crippen molar-refractivity contribution in [2.75, 3.05) is 7.11 Å². The molecular formula is C13H19NO2. The molecule has 0 aromatic heterocycles. The Labute approximate surface area is 96.8 Å². The summed E-state index contributed by atoms with van der Waals surface area (Å²) < 4.78 is 4.74. The van der Waals surface area contributed by atoms with E-state index < -0.39 is 0 Å². The van der Waals surface area contributed by atoms with Crippen molar-refractivity contribution in [3.05, 3.63) is 35.9 Å². The molecular weight excluding hydrogens is 202 g/mol. The van der Waals surface area contributed by atoms with Crippen LogP contribution in [0.5, 0.6) is 0 Å². The molecule has 1 rings (SSSR count). The third-order valence-electron chi connectivity index (χ3n) is 2.64. The van der Waals surface area contributed by atoms with E-state index in [0.29, 0.717) is 0 Å². The number of esters is 1. The maximum absolute atomic E-state index is 11.4. The fourth-order valence-corrected chi connectivity index (χ4v) is 1.63. The molecule has 0 radical (unpaired) electrons. The second-order valence-corrected chi connectivity index (χ2v) is 3.78. The van der Waals surface area contributed by atoms with Crippen LogP contribution in [0.1, 0.15) is 31.9 Å². The molecule has 0 amide bonds. The third-order valence-corrected chi connectivity index (χ3v) is 2.64. The van der Waals surface area contributed by atoms with Gasteiger partial charge in [-0.3, -0.25) is 10.1 Å². The van der Waals surface area contributed by atoms with Crippen LogP contribution in [-0.2, 0) is 9.53 Å². The summed E-state index contributed by atoms with van der Waals surface area (Å²) in [6.07, 6.45) is 0.726. The van der Waals surface area contributed by atoms with Crippen molar-refractivity contribution in [2.24, 2.45) is 0 Å². The lowest BCUT2D eigenvalue weighted by atomic mass is 10.1. The van der Waals surface area contributed by atoms with Gasteiger partial charge in [0.2, 0.25) is 0 Å². The summed E-state index contributed by atoms with van der Waals surface area (Å²) >= 11 is 0. The highest BCUT2D eigenvalue weighted by molar-refractivity contribution is 5.75. The molecule has 0 heterocycles. The zero-order valence-corrected chi connectivity index (χ0v) is 10.1. The Morgan fingerprint density at radius 1 is 1.38 bits per heavy atom. The molecule has 1 aromatic carbocycles. The van der Waals surface area contributed by atoms with Crippen LogP contribution >= 0.6 is 0 Å². The second-order valence-electron chi connectivity index (χ2n) is 3.78. The summed E-state index contributed by atoms with van der Waals surface area (Å²) in [5, 5.41) is 3.26. The van der Waals surface area contributed by atoms with Crippen molar-refractivity contribution < 1.29 is 9.53 Å². The van der Waals surface area contributed by atoms with E-state index in [4.69, 9.17) is 4.74 Å².